The largest absolute Gasteiger partial charge is 0.345 e. The van der Waals surface area contributed by atoms with E-state index in [9.17, 15) is 4.79 Å². The molecule has 2 nitrogen and oxygen atoms in total. The molecule has 22 heavy (non-hydrogen) atoms. The minimum Gasteiger partial charge on any atom is -0.345 e. The SMILES string of the molecule is CC.CC.CC.CCC1CCC(=O)N(C)C1.[B].c1ccsc1. The third kappa shape index (κ3) is 17.3. The van der Waals surface area contributed by atoms with Crippen molar-refractivity contribution >= 4 is 25.7 Å². The molecule has 2 heterocycles. The zero-order valence-corrected chi connectivity index (χ0v) is 16.9. The molecule has 1 fully saturated rings. The number of hydrogen-bond donors (Lipinski definition) is 0. The molecule has 1 amide bonds. The van der Waals surface area contributed by atoms with Gasteiger partial charge in [0.25, 0.3) is 0 Å². The topological polar surface area (TPSA) is 20.3 Å². The van der Waals surface area contributed by atoms with E-state index in [4.69, 9.17) is 0 Å². The van der Waals surface area contributed by atoms with Gasteiger partial charge < -0.3 is 4.90 Å². The van der Waals surface area contributed by atoms with Crippen molar-refractivity contribution in [3.05, 3.63) is 22.9 Å². The van der Waals surface area contributed by atoms with Crippen molar-refractivity contribution in [1.82, 2.24) is 4.90 Å². The Kier molecular flexibility index (Phi) is 33.5. The molecular weight excluding hydrogens is 289 g/mol. The Balaban J connectivity index is -0.000000115. The van der Waals surface area contributed by atoms with Crippen LogP contribution in [0.15, 0.2) is 22.9 Å². The average Bonchev–Trinajstić information content (AvgIpc) is 3.15. The lowest BCUT2D eigenvalue weighted by Gasteiger charge is -2.28. The Morgan fingerprint density at radius 2 is 1.55 bits per heavy atom. The van der Waals surface area contributed by atoms with Crippen LogP contribution in [-0.4, -0.2) is 32.8 Å². The fraction of sp³-hybridized carbons (Fsp3) is 0.722. The van der Waals surface area contributed by atoms with Crippen molar-refractivity contribution in [2.75, 3.05) is 13.6 Å². The van der Waals surface area contributed by atoms with Crippen LogP contribution in [0.3, 0.4) is 0 Å². The van der Waals surface area contributed by atoms with Crippen molar-refractivity contribution in [3.63, 3.8) is 0 Å². The van der Waals surface area contributed by atoms with Crippen LogP contribution >= 0.6 is 11.3 Å². The van der Waals surface area contributed by atoms with Crippen LogP contribution in [-0.2, 0) is 4.79 Å². The quantitative estimate of drug-likeness (QED) is 0.605. The minimum atomic E-state index is 0. The van der Waals surface area contributed by atoms with Gasteiger partial charge in [-0.15, -0.1) is 0 Å². The normalized spacial score (nSPS) is 15.0. The molecule has 1 atom stereocenters. The summed E-state index contributed by atoms with van der Waals surface area (Å²) >= 11 is 1.71. The van der Waals surface area contributed by atoms with Crippen molar-refractivity contribution < 1.29 is 4.79 Å². The summed E-state index contributed by atoms with van der Waals surface area (Å²) in [7, 11) is 1.89. The molecule has 1 saturated heterocycles. The van der Waals surface area contributed by atoms with Crippen LogP contribution in [0, 0.1) is 5.92 Å². The van der Waals surface area contributed by atoms with E-state index in [1.165, 1.54) is 6.42 Å². The highest BCUT2D eigenvalue weighted by atomic mass is 32.1. The molecule has 4 heteroatoms. The Morgan fingerprint density at radius 1 is 1.09 bits per heavy atom. The zero-order valence-electron chi connectivity index (χ0n) is 16.1. The minimum absolute atomic E-state index is 0. The molecule has 1 unspecified atom stereocenters. The molecule has 1 aliphatic heterocycles. The van der Waals surface area contributed by atoms with Crippen LogP contribution in [0.5, 0.6) is 0 Å². The van der Waals surface area contributed by atoms with Crippen molar-refractivity contribution in [2.45, 2.75) is 67.7 Å². The zero-order chi connectivity index (χ0) is 17.1. The molecule has 0 N–H and O–H groups in total. The maximum atomic E-state index is 11.0. The third-order valence-corrected chi connectivity index (χ3v) is 3.36. The Labute approximate surface area is 145 Å². The first-order valence-corrected chi connectivity index (χ1v) is 9.39. The Morgan fingerprint density at radius 3 is 1.82 bits per heavy atom. The molecule has 0 saturated carbocycles. The monoisotopic (exact) mass is 326 g/mol. The first-order chi connectivity index (χ1) is 10.2. The fourth-order valence-corrected chi connectivity index (χ4v) is 2.11. The van der Waals surface area contributed by atoms with Crippen molar-refractivity contribution in [2.24, 2.45) is 5.92 Å². The summed E-state index contributed by atoms with van der Waals surface area (Å²) in [4.78, 5) is 12.8. The average molecular weight is 326 g/mol. The standard InChI is InChI=1S/C8H15NO.C4H4S.3C2H6.B/c1-3-7-4-5-8(10)9(2)6-7;1-2-4-5-3-1;3*1-2;/h7H,3-6H2,1-2H3;1-4H;3*1-2H3;. The summed E-state index contributed by atoms with van der Waals surface area (Å²) in [6.45, 7) is 15.2. The second-order valence-corrected chi connectivity index (χ2v) is 4.70. The van der Waals surface area contributed by atoms with E-state index in [0.717, 1.165) is 25.3 Å². The van der Waals surface area contributed by atoms with E-state index in [2.05, 4.69) is 6.92 Å². The smallest absolute Gasteiger partial charge is 0.222 e. The van der Waals surface area contributed by atoms with Gasteiger partial charge in [-0.05, 0) is 23.1 Å². The molecule has 2 rings (SSSR count). The number of hydrogen-bond acceptors (Lipinski definition) is 2. The van der Waals surface area contributed by atoms with Gasteiger partial charge in [0.1, 0.15) is 0 Å². The van der Waals surface area contributed by atoms with E-state index in [-0.39, 0.29) is 8.41 Å². The number of piperidine rings is 1. The molecule has 1 aromatic heterocycles. The maximum absolute atomic E-state index is 11.0. The number of thiophene rings is 1. The molecular formula is C18H37BNOS. The Hall–Kier alpha value is -0.765. The number of likely N-dealkylation sites (tertiary alicyclic amines) is 1. The summed E-state index contributed by atoms with van der Waals surface area (Å²) in [5.74, 6) is 1.06. The highest BCUT2D eigenvalue weighted by molar-refractivity contribution is 7.07. The number of carbonyl (C=O) groups excluding carboxylic acids is 1. The van der Waals surface area contributed by atoms with Gasteiger partial charge in [-0.25, -0.2) is 0 Å². The highest BCUT2D eigenvalue weighted by Gasteiger charge is 2.20. The molecule has 0 aliphatic carbocycles. The lowest BCUT2D eigenvalue weighted by Crippen LogP contribution is -2.36. The predicted molar refractivity (Wildman–Crippen MR) is 105 cm³/mol. The fourth-order valence-electron chi connectivity index (χ4n) is 1.66. The molecule has 1 aliphatic rings. The van der Waals surface area contributed by atoms with Crippen molar-refractivity contribution in [1.29, 1.82) is 0 Å². The van der Waals surface area contributed by atoms with Crippen LogP contribution in [0.4, 0.5) is 0 Å². The number of rotatable bonds is 1. The highest BCUT2D eigenvalue weighted by Crippen LogP contribution is 2.18. The molecule has 0 aromatic carbocycles. The second kappa shape index (κ2) is 25.2. The molecule has 1 aromatic rings. The number of carbonyl (C=O) groups is 1. The maximum Gasteiger partial charge on any atom is 0.222 e. The van der Waals surface area contributed by atoms with Crippen LogP contribution < -0.4 is 0 Å². The first-order valence-electron chi connectivity index (χ1n) is 8.45. The predicted octanol–water partition coefficient (Wildman–Crippen LogP) is 5.71. The van der Waals surface area contributed by atoms with Gasteiger partial charge in [-0.3, -0.25) is 4.79 Å². The number of nitrogens with zero attached hydrogens (tertiary/aromatic N) is 1. The lowest BCUT2D eigenvalue weighted by molar-refractivity contribution is -0.133. The molecule has 0 spiro atoms. The van der Waals surface area contributed by atoms with Crippen molar-refractivity contribution in [3.8, 4) is 0 Å². The van der Waals surface area contributed by atoms with Gasteiger partial charge in [-0.1, -0.05) is 67.0 Å². The molecule has 3 radical (unpaired) electrons. The summed E-state index contributed by atoms with van der Waals surface area (Å²) in [5.41, 5.74) is 0. The summed E-state index contributed by atoms with van der Waals surface area (Å²) in [6.07, 6.45) is 3.06. The van der Waals surface area contributed by atoms with E-state index < -0.39 is 0 Å². The van der Waals surface area contributed by atoms with Gasteiger partial charge >= 0.3 is 0 Å². The van der Waals surface area contributed by atoms with E-state index >= 15 is 0 Å². The van der Waals surface area contributed by atoms with Gasteiger partial charge in [0.15, 0.2) is 0 Å². The van der Waals surface area contributed by atoms with E-state index in [1.54, 1.807) is 11.3 Å². The molecule has 0 bridgehead atoms. The first kappa shape index (κ1) is 29.3. The van der Waals surface area contributed by atoms with E-state index in [1.807, 2.05) is 76.4 Å². The van der Waals surface area contributed by atoms with Gasteiger partial charge in [-0.2, -0.15) is 11.3 Å². The van der Waals surface area contributed by atoms with E-state index in [0.29, 0.717) is 5.91 Å². The number of amides is 1. The van der Waals surface area contributed by atoms with Crippen LogP contribution in [0.1, 0.15) is 67.7 Å². The van der Waals surface area contributed by atoms with Crippen LogP contribution in [0.2, 0.25) is 0 Å². The second-order valence-electron chi connectivity index (χ2n) is 3.88. The lowest BCUT2D eigenvalue weighted by atomic mass is 9.96. The van der Waals surface area contributed by atoms with Gasteiger partial charge in [0.2, 0.25) is 5.91 Å². The summed E-state index contributed by atoms with van der Waals surface area (Å²) < 4.78 is 0. The Bertz CT molecular complexity index is 261. The summed E-state index contributed by atoms with van der Waals surface area (Å²) in [6, 6.07) is 4.04. The van der Waals surface area contributed by atoms with Gasteiger partial charge in [0.05, 0.1) is 0 Å². The summed E-state index contributed by atoms with van der Waals surface area (Å²) in [5, 5.41) is 4.08. The van der Waals surface area contributed by atoms with Gasteiger partial charge in [0, 0.05) is 28.4 Å². The third-order valence-electron chi connectivity index (χ3n) is 2.73. The molecule has 129 valence electrons. The van der Waals surface area contributed by atoms with Crippen LogP contribution in [0.25, 0.3) is 0 Å².